The summed E-state index contributed by atoms with van der Waals surface area (Å²) in [6, 6.07) is 0. The lowest BCUT2D eigenvalue weighted by atomic mass is 10.6. The van der Waals surface area contributed by atoms with E-state index < -0.39 is 0 Å². The van der Waals surface area contributed by atoms with Crippen LogP contribution in [0.5, 0.6) is 0 Å². The summed E-state index contributed by atoms with van der Waals surface area (Å²) in [5, 5.41) is 0. The Hall–Kier alpha value is 0.700. The number of rotatable bonds is 0. The van der Waals surface area contributed by atoms with Crippen LogP contribution < -0.4 is 0 Å². The third kappa shape index (κ3) is 1.05. The van der Waals surface area contributed by atoms with Gasteiger partial charge in [0.25, 0.3) is 0 Å². The first-order chi connectivity index (χ1) is 2.50. The van der Waals surface area contributed by atoms with Crippen molar-refractivity contribution in [3.05, 3.63) is 11.5 Å². The third-order valence-electron chi connectivity index (χ3n) is 0.384. The second-order valence-electron chi connectivity index (χ2n) is 0.761. The van der Waals surface area contributed by atoms with Gasteiger partial charge in [-0.25, -0.2) is 0 Å². The van der Waals surface area contributed by atoms with Crippen LogP contribution in [0.3, 0.4) is 0 Å². The van der Waals surface area contributed by atoms with Crippen LogP contribution in [-0.4, -0.2) is 0 Å². The lowest BCUT2D eigenvalue weighted by Gasteiger charge is -1.68. The maximum atomic E-state index is 2.19. The first-order valence-corrected chi connectivity index (χ1v) is 3.73. The standard InChI is InChI=1S/C3H4S2/c1-2-4-5-3-1/h2-3H,1H2. The monoisotopic (exact) mass is 104 g/mol. The SMILES string of the molecule is [CH]1C[CH]SS1. The van der Waals surface area contributed by atoms with Gasteiger partial charge in [-0.1, -0.05) is 21.6 Å². The van der Waals surface area contributed by atoms with Crippen molar-refractivity contribution in [3.8, 4) is 0 Å². The van der Waals surface area contributed by atoms with Crippen LogP contribution >= 0.6 is 21.6 Å². The van der Waals surface area contributed by atoms with Crippen molar-refractivity contribution in [2.75, 3.05) is 0 Å². The van der Waals surface area contributed by atoms with Crippen molar-refractivity contribution >= 4 is 21.6 Å². The zero-order valence-corrected chi connectivity index (χ0v) is 4.31. The molecule has 0 atom stereocenters. The van der Waals surface area contributed by atoms with Crippen molar-refractivity contribution in [1.29, 1.82) is 0 Å². The Morgan fingerprint density at radius 3 is 2.00 bits per heavy atom. The van der Waals surface area contributed by atoms with Gasteiger partial charge in [-0.05, 0) is 6.42 Å². The molecule has 0 N–H and O–H groups in total. The molecule has 0 aromatic rings. The highest BCUT2D eigenvalue weighted by molar-refractivity contribution is 8.78. The summed E-state index contributed by atoms with van der Waals surface area (Å²) in [4.78, 5) is 0. The average Bonchev–Trinajstić information content (AvgIpc) is 1.76. The van der Waals surface area contributed by atoms with E-state index in [1.54, 1.807) is 0 Å². The molecule has 1 rings (SSSR count). The summed E-state index contributed by atoms with van der Waals surface area (Å²) < 4.78 is 0. The van der Waals surface area contributed by atoms with Gasteiger partial charge >= 0.3 is 0 Å². The molecule has 0 aliphatic carbocycles. The van der Waals surface area contributed by atoms with E-state index in [-0.39, 0.29) is 0 Å². The molecule has 0 bridgehead atoms. The Morgan fingerprint density at radius 2 is 1.80 bits per heavy atom. The molecule has 0 aromatic carbocycles. The van der Waals surface area contributed by atoms with E-state index in [2.05, 4.69) is 11.5 Å². The van der Waals surface area contributed by atoms with Gasteiger partial charge in [-0.15, -0.1) is 0 Å². The second-order valence-corrected chi connectivity index (χ2v) is 2.97. The highest BCUT2D eigenvalue weighted by Gasteiger charge is 1.97. The second kappa shape index (κ2) is 1.98. The van der Waals surface area contributed by atoms with Crippen molar-refractivity contribution in [3.63, 3.8) is 0 Å². The summed E-state index contributed by atoms with van der Waals surface area (Å²) >= 11 is 0. The van der Waals surface area contributed by atoms with Crippen molar-refractivity contribution < 1.29 is 0 Å². The van der Waals surface area contributed by atoms with Crippen LogP contribution in [0.15, 0.2) is 0 Å². The van der Waals surface area contributed by atoms with E-state index in [9.17, 15) is 0 Å². The molecular weight excluding hydrogens is 100 g/mol. The largest absolute Gasteiger partial charge is 0.0892 e. The molecule has 2 heteroatoms. The van der Waals surface area contributed by atoms with Crippen LogP contribution in [-0.2, 0) is 0 Å². The Kier molecular flexibility index (Phi) is 1.53. The van der Waals surface area contributed by atoms with Crippen LogP contribution in [0.2, 0.25) is 0 Å². The van der Waals surface area contributed by atoms with E-state index in [1.165, 1.54) is 6.42 Å². The summed E-state index contributed by atoms with van der Waals surface area (Å²) in [5.74, 6) is 4.37. The van der Waals surface area contributed by atoms with Crippen molar-refractivity contribution in [2.24, 2.45) is 0 Å². The zero-order chi connectivity index (χ0) is 3.54. The highest BCUT2D eigenvalue weighted by Crippen LogP contribution is 2.37. The first-order valence-electron chi connectivity index (χ1n) is 1.45. The molecular formula is C3H4S2. The number of hydrogen-bond donors (Lipinski definition) is 0. The van der Waals surface area contributed by atoms with E-state index in [0.29, 0.717) is 0 Å². The predicted molar refractivity (Wildman–Crippen MR) is 28.4 cm³/mol. The van der Waals surface area contributed by atoms with Crippen LogP contribution in [0.1, 0.15) is 6.42 Å². The molecule has 1 heterocycles. The molecule has 1 aliphatic heterocycles. The minimum atomic E-state index is 1.18. The molecule has 1 aliphatic rings. The Morgan fingerprint density at radius 1 is 1.20 bits per heavy atom. The summed E-state index contributed by atoms with van der Waals surface area (Å²) in [6.07, 6.45) is 1.18. The molecule has 0 nitrogen and oxygen atoms in total. The Labute approximate surface area is 40.1 Å². The van der Waals surface area contributed by atoms with Gasteiger partial charge < -0.3 is 0 Å². The normalized spacial score (nSPS) is 24.0. The molecule has 1 fully saturated rings. The molecule has 0 amide bonds. The van der Waals surface area contributed by atoms with E-state index in [1.807, 2.05) is 21.6 Å². The molecule has 0 spiro atoms. The van der Waals surface area contributed by atoms with E-state index in [0.717, 1.165) is 0 Å². The van der Waals surface area contributed by atoms with Gasteiger partial charge in [0.1, 0.15) is 0 Å². The van der Waals surface area contributed by atoms with Gasteiger partial charge in [-0.3, -0.25) is 0 Å². The van der Waals surface area contributed by atoms with Crippen LogP contribution in [0.4, 0.5) is 0 Å². The maximum Gasteiger partial charge on any atom is 0.0290 e. The summed E-state index contributed by atoms with van der Waals surface area (Å²) in [5.41, 5.74) is 0. The Bertz CT molecular complexity index is 16.5. The lowest BCUT2D eigenvalue weighted by molar-refractivity contribution is 1.36. The molecule has 0 aromatic heterocycles. The van der Waals surface area contributed by atoms with Gasteiger partial charge in [0.05, 0.1) is 0 Å². The summed E-state index contributed by atoms with van der Waals surface area (Å²) in [6.45, 7) is 0. The third-order valence-corrected chi connectivity index (χ3v) is 2.30. The average molecular weight is 104 g/mol. The van der Waals surface area contributed by atoms with Gasteiger partial charge in [0.15, 0.2) is 0 Å². The lowest BCUT2D eigenvalue weighted by Crippen LogP contribution is -1.47. The highest BCUT2D eigenvalue weighted by atomic mass is 33.1. The first kappa shape index (κ1) is 3.88. The fourth-order valence-electron chi connectivity index (χ4n) is 0.196. The minimum absolute atomic E-state index is 1.18. The molecule has 2 radical (unpaired) electrons. The maximum absolute atomic E-state index is 2.19. The van der Waals surface area contributed by atoms with Crippen LogP contribution in [0.25, 0.3) is 0 Å². The Balaban J connectivity index is 2.08. The molecule has 0 unspecified atom stereocenters. The number of hydrogen-bond acceptors (Lipinski definition) is 2. The summed E-state index contributed by atoms with van der Waals surface area (Å²) in [7, 11) is 3.62. The van der Waals surface area contributed by atoms with Gasteiger partial charge in [0, 0.05) is 11.5 Å². The van der Waals surface area contributed by atoms with Gasteiger partial charge in [0.2, 0.25) is 0 Å². The smallest absolute Gasteiger partial charge is 0.0290 e. The zero-order valence-electron chi connectivity index (χ0n) is 2.68. The molecule has 28 valence electrons. The van der Waals surface area contributed by atoms with Crippen LogP contribution in [0, 0.1) is 11.5 Å². The topological polar surface area (TPSA) is 0 Å². The van der Waals surface area contributed by atoms with Gasteiger partial charge in [-0.2, -0.15) is 0 Å². The molecule has 1 saturated heterocycles. The van der Waals surface area contributed by atoms with E-state index >= 15 is 0 Å². The van der Waals surface area contributed by atoms with Crippen molar-refractivity contribution in [2.45, 2.75) is 6.42 Å². The minimum Gasteiger partial charge on any atom is -0.0892 e. The van der Waals surface area contributed by atoms with E-state index in [4.69, 9.17) is 0 Å². The fraction of sp³-hybridized carbons (Fsp3) is 0.333. The molecule has 5 heavy (non-hydrogen) atoms. The quantitative estimate of drug-likeness (QED) is 0.432. The molecule has 0 saturated carbocycles. The fourth-order valence-corrected chi connectivity index (χ4v) is 1.77. The predicted octanol–water partition coefficient (Wildman–Crippen LogP) is 2.10. The van der Waals surface area contributed by atoms with Crippen molar-refractivity contribution in [1.82, 2.24) is 0 Å².